The van der Waals surface area contributed by atoms with Crippen molar-refractivity contribution in [2.75, 3.05) is 11.9 Å². The summed E-state index contributed by atoms with van der Waals surface area (Å²) in [5, 5.41) is 0.910. The van der Waals surface area contributed by atoms with Gasteiger partial charge in [-0.1, -0.05) is 34.1 Å². The van der Waals surface area contributed by atoms with Gasteiger partial charge in [0.1, 0.15) is 6.33 Å². The first-order chi connectivity index (χ1) is 8.70. The van der Waals surface area contributed by atoms with Gasteiger partial charge in [-0.3, -0.25) is 9.36 Å². The second kappa shape index (κ2) is 7.79. The molecule has 2 rings (SSSR count). The molecule has 0 spiro atoms. The van der Waals surface area contributed by atoms with E-state index in [0.717, 1.165) is 17.6 Å². The number of halogens is 1. The molecule has 0 aliphatic heterocycles. The van der Waals surface area contributed by atoms with E-state index < -0.39 is 0 Å². The van der Waals surface area contributed by atoms with Crippen LogP contribution >= 0.6 is 15.9 Å². The average molecular weight is 310 g/mol. The summed E-state index contributed by atoms with van der Waals surface area (Å²) in [5.41, 5.74) is 6.50. The van der Waals surface area contributed by atoms with Crippen LogP contribution in [0.4, 0.5) is 0 Å². The van der Waals surface area contributed by atoms with Gasteiger partial charge in [-0.05, 0) is 19.1 Å². The van der Waals surface area contributed by atoms with E-state index in [0.29, 0.717) is 5.56 Å². The molecular formula is C13H16BrN3O. The first kappa shape index (κ1) is 14.6. The molecule has 0 saturated carbocycles. The van der Waals surface area contributed by atoms with Crippen molar-refractivity contribution < 1.29 is 4.79 Å². The number of carbonyl (C=O) groups excluding carboxylic acids is 1. The summed E-state index contributed by atoms with van der Waals surface area (Å²) in [5.74, 6) is -0.0411. The molecule has 0 saturated heterocycles. The summed E-state index contributed by atoms with van der Waals surface area (Å²) < 4.78 is 1.54. The topological polar surface area (TPSA) is 60.9 Å². The van der Waals surface area contributed by atoms with Gasteiger partial charge < -0.3 is 5.73 Å². The van der Waals surface area contributed by atoms with Gasteiger partial charge in [0, 0.05) is 29.3 Å². The predicted octanol–water partition coefficient (Wildman–Crippen LogP) is 2.22. The summed E-state index contributed by atoms with van der Waals surface area (Å²) in [4.78, 5) is 15.8. The lowest BCUT2D eigenvalue weighted by molar-refractivity contribution is 0.0958. The molecule has 0 unspecified atom stereocenters. The van der Waals surface area contributed by atoms with Crippen molar-refractivity contribution in [1.29, 1.82) is 0 Å². The first-order valence-electron chi connectivity index (χ1n) is 5.55. The quantitative estimate of drug-likeness (QED) is 0.865. The van der Waals surface area contributed by atoms with Gasteiger partial charge in [-0.2, -0.15) is 0 Å². The van der Waals surface area contributed by atoms with Crippen molar-refractivity contribution >= 4 is 21.8 Å². The highest BCUT2D eigenvalue weighted by Gasteiger charge is 2.08. The smallest absolute Gasteiger partial charge is 0.263 e. The zero-order chi connectivity index (χ0) is 13.4. The molecule has 2 N–H and O–H groups in total. The molecule has 0 aliphatic carbocycles. The largest absolute Gasteiger partial charge is 0.330 e. The molecule has 18 heavy (non-hydrogen) atoms. The predicted molar refractivity (Wildman–Crippen MR) is 76.0 cm³/mol. The fourth-order valence-corrected chi connectivity index (χ4v) is 1.29. The normalized spacial score (nSPS) is 9.50. The maximum atomic E-state index is 11.9. The van der Waals surface area contributed by atoms with Crippen LogP contribution in [0.1, 0.15) is 16.1 Å². The van der Waals surface area contributed by atoms with Crippen LogP contribution in [0.15, 0.2) is 42.9 Å². The molecular weight excluding hydrogens is 294 g/mol. The number of imidazole rings is 1. The van der Waals surface area contributed by atoms with Gasteiger partial charge >= 0.3 is 0 Å². The highest BCUT2D eigenvalue weighted by molar-refractivity contribution is 9.09. The van der Waals surface area contributed by atoms with E-state index in [1.807, 2.05) is 25.1 Å². The molecule has 1 aromatic carbocycles. The summed E-state index contributed by atoms with van der Waals surface area (Å²) >= 11 is 3.12. The Morgan fingerprint density at radius 3 is 2.44 bits per heavy atom. The van der Waals surface area contributed by atoms with Crippen LogP contribution < -0.4 is 5.73 Å². The van der Waals surface area contributed by atoms with Crippen molar-refractivity contribution in [1.82, 2.24) is 9.55 Å². The number of benzene rings is 1. The van der Waals surface area contributed by atoms with Crippen molar-refractivity contribution in [3.63, 3.8) is 0 Å². The molecule has 1 heterocycles. The maximum Gasteiger partial charge on any atom is 0.263 e. The van der Waals surface area contributed by atoms with E-state index in [1.165, 1.54) is 10.9 Å². The molecule has 0 atom stereocenters. The van der Waals surface area contributed by atoms with Crippen molar-refractivity contribution in [3.8, 4) is 0 Å². The third-order valence-corrected chi connectivity index (χ3v) is 2.63. The third kappa shape index (κ3) is 4.09. The standard InChI is InChI=1S/C11H10N2O.C2H6BrN/c1-9-7-12-8-13(9)11(14)10-5-3-2-4-6-10;3-1-2-4/h2-8H,1H3;1-2,4H2. The van der Waals surface area contributed by atoms with E-state index in [4.69, 9.17) is 5.73 Å². The number of alkyl halides is 1. The van der Waals surface area contributed by atoms with E-state index in [-0.39, 0.29) is 5.91 Å². The Morgan fingerprint density at radius 2 is 2.00 bits per heavy atom. The van der Waals surface area contributed by atoms with Crippen LogP contribution in [-0.2, 0) is 0 Å². The second-order valence-electron chi connectivity index (χ2n) is 3.55. The Labute approximate surface area is 115 Å². The summed E-state index contributed by atoms with van der Waals surface area (Å²) in [6.07, 6.45) is 3.20. The zero-order valence-electron chi connectivity index (χ0n) is 10.2. The molecule has 1 aromatic heterocycles. The van der Waals surface area contributed by atoms with Crippen LogP contribution in [0.3, 0.4) is 0 Å². The van der Waals surface area contributed by atoms with Crippen LogP contribution in [-0.4, -0.2) is 27.3 Å². The number of hydrogen-bond donors (Lipinski definition) is 1. The fraction of sp³-hybridized carbons (Fsp3) is 0.231. The van der Waals surface area contributed by atoms with Crippen molar-refractivity contribution in [3.05, 3.63) is 54.1 Å². The molecule has 0 aliphatic rings. The number of rotatable bonds is 2. The van der Waals surface area contributed by atoms with Crippen molar-refractivity contribution in [2.45, 2.75) is 6.92 Å². The highest BCUT2D eigenvalue weighted by Crippen LogP contribution is 2.04. The SMILES string of the molecule is Cc1cncn1C(=O)c1ccccc1.NCCBr. The van der Waals surface area contributed by atoms with Gasteiger partial charge in [-0.15, -0.1) is 0 Å². The number of hydrogen-bond acceptors (Lipinski definition) is 3. The maximum absolute atomic E-state index is 11.9. The van der Waals surface area contributed by atoms with Gasteiger partial charge in [0.25, 0.3) is 5.91 Å². The van der Waals surface area contributed by atoms with Crippen LogP contribution in [0.25, 0.3) is 0 Å². The monoisotopic (exact) mass is 309 g/mol. The van der Waals surface area contributed by atoms with E-state index in [9.17, 15) is 4.79 Å². The lowest BCUT2D eigenvalue weighted by Crippen LogP contribution is -2.11. The molecule has 0 fully saturated rings. The third-order valence-electron chi connectivity index (χ3n) is 2.17. The minimum Gasteiger partial charge on any atom is -0.330 e. The Bertz CT molecular complexity index is 480. The van der Waals surface area contributed by atoms with Gasteiger partial charge in [0.05, 0.1) is 0 Å². The van der Waals surface area contributed by atoms with Crippen molar-refractivity contribution in [2.24, 2.45) is 5.73 Å². The molecule has 0 bridgehead atoms. The van der Waals surface area contributed by atoms with E-state index in [2.05, 4.69) is 20.9 Å². The number of nitrogens with zero attached hydrogens (tertiary/aromatic N) is 2. The summed E-state index contributed by atoms with van der Waals surface area (Å²) in [6, 6.07) is 9.17. The van der Waals surface area contributed by atoms with Gasteiger partial charge in [-0.25, -0.2) is 4.98 Å². The molecule has 5 heteroatoms. The second-order valence-corrected chi connectivity index (χ2v) is 4.35. The Balaban J connectivity index is 0.000000357. The van der Waals surface area contributed by atoms with Gasteiger partial charge in [0.15, 0.2) is 0 Å². The lowest BCUT2D eigenvalue weighted by atomic mass is 10.2. The van der Waals surface area contributed by atoms with E-state index >= 15 is 0 Å². The molecule has 0 amide bonds. The highest BCUT2D eigenvalue weighted by atomic mass is 79.9. The molecule has 2 aromatic rings. The van der Waals surface area contributed by atoms with E-state index in [1.54, 1.807) is 18.3 Å². The number of carbonyl (C=O) groups is 1. The molecule has 4 nitrogen and oxygen atoms in total. The summed E-state index contributed by atoms with van der Waals surface area (Å²) in [6.45, 7) is 2.59. The number of aromatic nitrogens is 2. The minimum atomic E-state index is -0.0411. The van der Waals surface area contributed by atoms with Crippen LogP contribution in [0.5, 0.6) is 0 Å². The molecule has 0 radical (unpaired) electrons. The zero-order valence-corrected chi connectivity index (χ0v) is 11.8. The number of nitrogens with two attached hydrogens (primary N) is 1. The molecule has 96 valence electrons. The minimum absolute atomic E-state index is 0.0411. The fourth-order valence-electron chi connectivity index (χ4n) is 1.29. The van der Waals surface area contributed by atoms with Crippen LogP contribution in [0, 0.1) is 6.92 Å². The summed E-state index contributed by atoms with van der Waals surface area (Å²) in [7, 11) is 0. The van der Waals surface area contributed by atoms with Crippen LogP contribution in [0.2, 0.25) is 0 Å². The average Bonchev–Trinajstić information content (AvgIpc) is 2.85. The Kier molecular flexibility index (Phi) is 6.32. The Hall–Kier alpha value is -1.46. The lowest BCUT2D eigenvalue weighted by Gasteiger charge is -2.02. The Morgan fingerprint density at radius 1 is 1.39 bits per heavy atom. The first-order valence-corrected chi connectivity index (χ1v) is 6.67. The number of aryl methyl sites for hydroxylation is 1. The van der Waals surface area contributed by atoms with Gasteiger partial charge in [0.2, 0.25) is 0 Å².